The molecule has 1 unspecified atom stereocenters. The van der Waals surface area contributed by atoms with Crippen LogP contribution >= 0.6 is 15.9 Å². The number of hydrogen-bond donors (Lipinski definition) is 2. The third-order valence-electron chi connectivity index (χ3n) is 2.24. The zero-order chi connectivity index (χ0) is 11.4. The highest BCUT2D eigenvalue weighted by Crippen LogP contribution is 2.17. The molecule has 15 heavy (non-hydrogen) atoms. The lowest BCUT2D eigenvalue weighted by Gasteiger charge is -2.20. The summed E-state index contributed by atoms with van der Waals surface area (Å²) in [4.78, 5) is 11.7. The topological polar surface area (TPSA) is 68.3 Å². The van der Waals surface area contributed by atoms with E-state index in [1.807, 2.05) is 13.8 Å². The summed E-state index contributed by atoms with van der Waals surface area (Å²) in [5.41, 5.74) is 6.06. The van der Waals surface area contributed by atoms with Crippen molar-refractivity contribution in [2.45, 2.75) is 19.9 Å². The third-order valence-corrected chi connectivity index (χ3v) is 2.85. The van der Waals surface area contributed by atoms with Gasteiger partial charge >= 0.3 is 0 Å². The van der Waals surface area contributed by atoms with Crippen LogP contribution in [0.3, 0.4) is 0 Å². The Morgan fingerprint density at radius 1 is 1.67 bits per heavy atom. The van der Waals surface area contributed by atoms with Gasteiger partial charge in [0.05, 0.1) is 11.8 Å². The van der Waals surface area contributed by atoms with E-state index in [-0.39, 0.29) is 11.9 Å². The van der Waals surface area contributed by atoms with Crippen LogP contribution in [0, 0.1) is 5.92 Å². The average molecular weight is 275 g/mol. The molecular formula is C10H15BrN2O2. The second kappa shape index (κ2) is 5.32. The van der Waals surface area contributed by atoms with Crippen LogP contribution in [0.4, 0.5) is 0 Å². The van der Waals surface area contributed by atoms with E-state index in [0.29, 0.717) is 22.7 Å². The molecule has 0 saturated heterocycles. The summed E-state index contributed by atoms with van der Waals surface area (Å²) in [5.74, 6) is 0.143. The molecule has 3 N–H and O–H groups in total. The summed E-state index contributed by atoms with van der Waals surface area (Å²) in [5, 5.41) is 2.86. The van der Waals surface area contributed by atoms with Gasteiger partial charge in [-0.15, -0.1) is 0 Å². The highest BCUT2D eigenvalue weighted by molar-refractivity contribution is 9.10. The lowest BCUT2D eigenvalue weighted by atomic mass is 10.0. The number of halogens is 1. The lowest BCUT2D eigenvalue weighted by molar-refractivity contribution is 0.0926. The Kier molecular flexibility index (Phi) is 4.35. The van der Waals surface area contributed by atoms with Gasteiger partial charge in [-0.2, -0.15) is 0 Å². The first-order valence-electron chi connectivity index (χ1n) is 4.80. The van der Waals surface area contributed by atoms with Crippen LogP contribution in [-0.4, -0.2) is 18.5 Å². The Morgan fingerprint density at radius 2 is 2.33 bits per heavy atom. The minimum Gasteiger partial charge on any atom is -0.457 e. The lowest BCUT2D eigenvalue weighted by Crippen LogP contribution is -2.43. The molecule has 5 heteroatoms. The molecule has 1 amide bonds. The molecule has 1 aromatic rings. The maximum atomic E-state index is 11.7. The van der Waals surface area contributed by atoms with Crippen molar-refractivity contribution in [3.05, 3.63) is 22.6 Å². The zero-order valence-electron chi connectivity index (χ0n) is 8.79. The number of furan rings is 1. The van der Waals surface area contributed by atoms with Crippen molar-refractivity contribution < 1.29 is 9.21 Å². The summed E-state index contributed by atoms with van der Waals surface area (Å²) < 4.78 is 5.43. The first-order valence-corrected chi connectivity index (χ1v) is 5.59. The largest absolute Gasteiger partial charge is 0.457 e. The van der Waals surface area contributed by atoms with E-state index in [1.54, 1.807) is 6.07 Å². The van der Waals surface area contributed by atoms with Crippen molar-refractivity contribution in [1.82, 2.24) is 5.32 Å². The highest BCUT2D eigenvalue weighted by atomic mass is 79.9. The van der Waals surface area contributed by atoms with Crippen molar-refractivity contribution in [2.24, 2.45) is 11.7 Å². The molecular weight excluding hydrogens is 260 g/mol. The summed E-state index contributed by atoms with van der Waals surface area (Å²) >= 11 is 3.16. The van der Waals surface area contributed by atoms with Gasteiger partial charge in [0.15, 0.2) is 4.67 Å². The molecule has 1 rings (SSSR count). The van der Waals surface area contributed by atoms with Crippen molar-refractivity contribution >= 4 is 21.8 Å². The van der Waals surface area contributed by atoms with Gasteiger partial charge in [0, 0.05) is 12.6 Å². The molecule has 1 aromatic heterocycles. The van der Waals surface area contributed by atoms with Gasteiger partial charge < -0.3 is 15.5 Å². The van der Waals surface area contributed by atoms with Crippen LogP contribution in [0.1, 0.15) is 24.2 Å². The minimum atomic E-state index is -0.167. The molecule has 0 fully saturated rings. The first kappa shape index (κ1) is 12.3. The SMILES string of the molecule is CC(C)C(CN)NC(=O)c1ccoc1Br. The van der Waals surface area contributed by atoms with Gasteiger partial charge in [-0.1, -0.05) is 13.8 Å². The highest BCUT2D eigenvalue weighted by Gasteiger charge is 2.18. The number of carbonyl (C=O) groups is 1. The number of rotatable bonds is 4. The molecule has 1 atom stereocenters. The minimum absolute atomic E-state index is 0.0145. The van der Waals surface area contributed by atoms with E-state index in [2.05, 4.69) is 21.2 Å². The van der Waals surface area contributed by atoms with Gasteiger partial charge in [0.25, 0.3) is 5.91 Å². The molecule has 0 aliphatic heterocycles. The van der Waals surface area contributed by atoms with Gasteiger partial charge in [-0.3, -0.25) is 4.79 Å². The van der Waals surface area contributed by atoms with Crippen molar-refractivity contribution in [2.75, 3.05) is 6.54 Å². The predicted octanol–water partition coefficient (Wildman–Crippen LogP) is 1.76. The molecule has 0 aromatic carbocycles. The normalized spacial score (nSPS) is 12.9. The molecule has 1 heterocycles. The number of amides is 1. The predicted molar refractivity (Wildman–Crippen MR) is 61.6 cm³/mol. The van der Waals surface area contributed by atoms with Gasteiger partial charge in [0.1, 0.15) is 0 Å². The number of nitrogens with two attached hydrogens (primary N) is 1. The molecule has 0 aliphatic rings. The first-order chi connectivity index (χ1) is 7.06. The van der Waals surface area contributed by atoms with Crippen LogP contribution < -0.4 is 11.1 Å². The third kappa shape index (κ3) is 3.07. The Bertz CT molecular complexity index is 336. The van der Waals surface area contributed by atoms with Gasteiger partial charge in [0.2, 0.25) is 0 Å². The Balaban J connectivity index is 2.67. The Morgan fingerprint density at radius 3 is 2.73 bits per heavy atom. The molecule has 0 aliphatic carbocycles. The fourth-order valence-electron chi connectivity index (χ4n) is 1.20. The zero-order valence-corrected chi connectivity index (χ0v) is 10.4. The molecule has 0 bridgehead atoms. The van der Waals surface area contributed by atoms with Crippen molar-refractivity contribution in [3.63, 3.8) is 0 Å². The van der Waals surface area contributed by atoms with Crippen molar-refractivity contribution in [1.29, 1.82) is 0 Å². The Labute approximate surface area is 97.3 Å². The maximum absolute atomic E-state index is 11.7. The Hall–Kier alpha value is -0.810. The smallest absolute Gasteiger partial charge is 0.256 e. The molecule has 84 valence electrons. The van der Waals surface area contributed by atoms with Gasteiger partial charge in [-0.05, 0) is 27.9 Å². The molecule has 0 saturated carbocycles. The number of hydrogen-bond acceptors (Lipinski definition) is 3. The second-order valence-corrected chi connectivity index (χ2v) is 4.39. The molecule has 0 radical (unpaired) electrons. The summed E-state index contributed by atoms with van der Waals surface area (Å²) in [6, 6.07) is 1.60. The second-order valence-electron chi connectivity index (χ2n) is 3.67. The van der Waals surface area contributed by atoms with Crippen molar-refractivity contribution in [3.8, 4) is 0 Å². The number of nitrogens with one attached hydrogen (secondary N) is 1. The van der Waals surface area contributed by atoms with Crippen LogP contribution in [0.15, 0.2) is 21.4 Å². The standard InChI is InChI=1S/C10H15BrN2O2/c1-6(2)8(5-12)13-10(14)7-3-4-15-9(7)11/h3-4,6,8H,5,12H2,1-2H3,(H,13,14). The van der Waals surface area contributed by atoms with Crippen LogP contribution in [0.5, 0.6) is 0 Å². The van der Waals surface area contributed by atoms with E-state index < -0.39 is 0 Å². The molecule has 0 spiro atoms. The van der Waals surface area contributed by atoms with Crippen LogP contribution in [0.25, 0.3) is 0 Å². The van der Waals surface area contributed by atoms with E-state index in [4.69, 9.17) is 10.2 Å². The fraction of sp³-hybridized carbons (Fsp3) is 0.500. The number of carbonyl (C=O) groups excluding carboxylic acids is 1. The molecule has 4 nitrogen and oxygen atoms in total. The van der Waals surface area contributed by atoms with E-state index in [1.165, 1.54) is 6.26 Å². The van der Waals surface area contributed by atoms with E-state index >= 15 is 0 Å². The van der Waals surface area contributed by atoms with Gasteiger partial charge in [-0.25, -0.2) is 0 Å². The summed E-state index contributed by atoms with van der Waals surface area (Å²) in [6.07, 6.45) is 1.46. The quantitative estimate of drug-likeness (QED) is 0.879. The summed E-state index contributed by atoms with van der Waals surface area (Å²) in [7, 11) is 0. The van der Waals surface area contributed by atoms with E-state index in [0.717, 1.165) is 0 Å². The van der Waals surface area contributed by atoms with Crippen LogP contribution in [-0.2, 0) is 0 Å². The van der Waals surface area contributed by atoms with Crippen LogP contribution in [0.2, 0.25) is 0 Å². The monoisotopic (exact) mass is 274 g/mol. The summed E-state index contributed by atoms with van der Waals surface area (Å²) in [6.45, 7) is 4.46. The fourth-order valence-corrected chi connectivity index (χ4v) is 1.62. The maximum Gasteiger partial charge on any atom is 0.256 e. The van der Waals surface area contributed by atoms with E-state index in [9.17, 15) is 4.79 Å². The average Bonchev–Trinajstić information content (AvgIpc) is 2.60.